The number of carbonyl (C=O) groups excluding carboxylic acids is 2. The lowest BCUT2D eigenvalue weighted by molar-refractivity contribution is -0.149. The minimum absolute atomic E-state index is 0.0315. The maximum atomic E-state index is 12.3. The molecule has 0 spiro atoms. The Morgan fingerprint density at radius 3 is 2.65 bits per heavy atom. The van der Waals surface area contributed by atoms with Crippen LogP contribution in [0.5, 0.6) is 0 Å². The molecule has 3 unspecified atom stereocenters. The van der Waals surface area contributed by atoms with Crippen LogP contribution in [0.25, 0.3) is 0 Å². The quantitative estimate of drug-likeness (QED) is 0.803. The van der Waals surface area contributed by atoms with Crippen LogP contribution in [0.2, 0.25) is 0 Å². The molecule has 4 nitrogen and oxygen atoms in total. The Morgan fingerprint density at radius 2 is 2.12 bits per heavy atom. The van der Waals surface area contributed by atoms with Crippen molar-refractivity contribution in [1.29, 1.82) is 0 Å². The molecule has 98 valence electrons. The van der Waals surface area contributed by atoms with Gasteiger partial charge in [-0.2, -0.15) is 11.8 Å². The van der Waals surface area contributed by atoms with Gasteiger partial charge in [-0.15, -0.1) is 0 Å². The van der Waals surface area contributed by atoms with Crippen LogP contribution in [0.15, 0.2) is 0 Å². The van der Waals surface area contributed by atoms with Gasteiger partial charge in [-0.05, 0) is 19.1 Å². The molecule has 1 heterocycles. The second kappa shape index (κ2) is 6.28. The fraction of sp³-hybridized carbons (Fsp3) is 0.833. The fourth-order valence-electron chi connectivity index (χ4n) is 1.96. The first kappa shape index (κ1) is 14.4. The summed E-state index contributed by atoms with van der Waals surface area (Å²) in [6, 6.07) is -0.680. The summed E-state index contributed by atoms with van der Waals surface area (Å²) in [5, 5.41) is 2.84. The molecular weight excluding hydrogens is 236 g/mol. The Morgan fingerprint density at radius 1 is 1.47 bits per heavy atom. The number of nitrogens with zero attached hydrogens (tertiary/aromatic N) is 1. The Hall–Kier alpha value is -0.710. The van der Waals surface area contributed by atoms with E-state index >= 15 is 0 Å². The van der Waals surface area contributed by atoms with E-state index in [2.05, 4.69) is 5.32 Å². The average Bonchev–Trinajstić information content (AvgIpc) is 2.33. The topological polar surface area (TPSA) is 49.4 Å². The Labute approximate surface area is 108 Å². The number of hydrogen-bond donors (Lipinski definition) is 1. The van der Waals surface area contributed by atoms with E-state index in [1.807, 2.05) is 20.1 Å². The molecular formula is C12H22N2O2S. The molecule has 1 aliphatic heterocycles. The van der Waals surface area contributed by atoms with Crippen molar-refractivity contribution in [3.63, 3.8) is 0 Å². The Bertz CT molecular complexity index is 296. The summed E-state index contributed by atoms with van der Waals surface area (Å²) >= 11 is 1.69. The molecule has 0 aliphatic carbocycles. The Balaban J connectivity index is 2.79. The summed E-state index contributed by atoms with van der Waals surface area (Å²) in [5.41, 5.74) is 0. The van der Waals surface area contributed by atoms with E-state index < -0.39 is 0 Å². The van der Waals surface area contributed by atoms with Gasteiger partial charge in [0.1, 0.15) is 12.1 Å². The van der Waals surface area contributed by atoms with E-state index in [0.717, 1.165) is 12.2 Å². The average molecular weight is 258 g/mol. The molecule has 3 atom stereocenters. The zero-order valence-corrected chi connectivity index (χ0v) is 11.8. The normalized spacial score (nSPS) is 26.9. The molecule has 1 aliphatic rings. The molecule has 1 fully saturated rings. The molecule has 0 bridgehead atoms. The van der Waals surface area contributed by atoms with E-state index in [1.54, 1.807) is 23.6 Å². The third-order valence-electron chi connectivity index (χ3n) is 3.44. The van der Waals surface area contributed by atoms with Gasteiger partial charge in [0.05, 0.1) is 0 Å². The van der Waals surface area contributed by atoms with Gasteiger partial charge in [-0.25, -0.2) is 0 Å². The van der Waals surface area contributed by atoms with Crippen LogP contribution in [0.4, 0.5) is 0 Å². The van der Waals surface area contributed by atoms with E-state index in [1.165, 1.54) is 0 Å². The monoisotopic (exact) mass is 258 g/mol. The van der Waals surface area contributed by atoms with Gasteiger partial charge in [0, 0.05) is 12.3 Å². The molecule has 2 amide bonds. The number of carbonyl (C=O) groups is 2. The van der Waals surface area contributed by atoms with Crippen LogP contribution in [0.1, 0.15) is 27.2 Å². The number of rotatable bonds is 5. The minimum atomic E-state index is -0.342. The third kappa shape index (κ3) is 3.15. The molecule has 1 rings (SSSR count). The second-order valence-electron chi connectivity index (χ2n) is 4.57. The predicted molar refractivity (Wildman–Crippen MR) is 70.9 cm³/mol. The molecule has 1 N–H and O–H groups in total. The van der Waals surface area contributed by atoms with Gasteiger partial charge < -0.3 is 10.2 Å². The van der Waals surface area contributed by atoms with E-state index in [4.69, 9.17) is 0 Å². The van der Waals surface area contributed by atoms with Gasteiger partial charge in [0.25, 0.3) is 0 Å². The van der Waals surface area contributed by atoms with Crippen molar-refractivity contribution in [2.75, 3.05) is 18.6 Å². The van der Waals surface area contributed by atoms with Gasteiger partial charge in [-0.1, -0.05) is 20.3 Å². The van der Waals surface area contributed by atoms with Crippen LogP contribution in [0.3, 0.4) is 0 Å². The number of nitrogens with one attached hydrogen (secondary N) is 1. The Kier molecular flexibility index (Phi) is 5.31. The highest BCUT2D eigenvalue weighted by Gasteiger charge is 2.39. The van der Waals surface area contributed by atoms with E-state index in [9.17, 15) is 9.59 Å². The predicted octanol–water partition coefficient (Wildman–Crippen LogP) is 1.11. The van der Waals surface area contributed by atoms with Gasteiger partial charge in [0.2, 0.25) is 11.8 Å². The smallest absolute Gasteiger partial charge is 0.246 e. The lowest BCUT2D eigenvalue weighted by Gasteiger charge is -2.39. The van der Waals surface area contributed by atoms with Crippen molar-refractivity contribution < 1.29 is 9.59 Å². The molecule has 5 heteroatoms. The van der Waals surface area contributed by atoms with Gasteiger partial charge >= 0.3 is 0 Å². The molecule has 0 radical (unpaired) electrons. The van der Waals surface area contributed by atoms with E-state index in [-0.39, 0.29) is 29.8 Å². The number of amides is 2. The summed E-state index contributed by atoms with van der Waals surface area (Å²) in [4.78, 5) is 25.8. The minimum Gasteiger partial charge on any atom is -0.342 e. The maximum absolute atomic E-state index is 12.3. The lowest BCUT2D eigenvalue weighted by atomic mass is 9.94. The summed E-state index contributed by atoms with van der Waals surface area (Å²) in [6.07, 6.45) is 2.90. The molecule has 0 aromatic heterocycles. The van der Waals surface area contributed by atoms with Gasteiger partial charge in [0.15, 0.2) is 0 Å². The molecule has 0 saturated carbocycles. The van der Waals surface area contributed by atoms with Crippen LogP contribution >= 0.6 is 11.8 Å². The highest BCUT2D eigenvalue weighted by molar-refractivity contribution is 7.98. The zero-order chi connectivity index (χ0) is 13.0. The van der Waals surface area contributed by atoms with Crippen LogP contribution < -0.4 is 5.32 Å². The molecule has 0 aromatic rings. The molecule has 17 heavy (non-hydrogen) atoms. The fourth-order valence-corrected chi connectivity index (χ4v) is 2.34. The first-order valence-electron chi connectivity index (χ1n) is 6.12. The summed E-state index contributed by atoms with van der Waals surface area (Å²) in [6.45, 7) is 6.49. The maximum Gasteiger partial charge on any atom is 0.246 e. The highest BCUT2D eigenvalue weighted by atomic mass is 32.2. The first-order chi connectivity index (χ1) is 8.02. The van der Waals surface area contributed by atoms with Crippen molar-refractivity contribution >= 4 is 23.6 Å². The highest BCUT2D eigenvalue weighted by Crippen LogP contribution is 2.17. The number of thioether (sulfide) groups is 1. The first-order valence-corrected chi connectivity index (χ1v) is 7.52. The second-order valence-corrected chi connectivity index (χ2v) is 5.56. The van der Waals surface area contributed by atoms with Crippen molar-refractivity contribution in [2.24, 2.45) is 5.92 Å². The largest absolute Gasteiger partial charge is 0.342 e. The summed E-state index contributed by atoms with van der Waals surface area (Å²) < 4.78 is 0. The SMILES string of the molecule is CCC(C)C1NC(=O)C(C)N(CCSC)C1=O. The lowest BCUT2D eigenvalue weighted by Crippen LogP contribution is -2.64. The summed E-state index contributed by atoms with van der Waals surface area (Å²) in [7, 11) is 0. The molecule has 0 aromatic carbocycles. The number of hydrogen-bond acceptors (Lipinski definition) is 3. The standard InChI is InChI=1S/C12H22N2O2S/c1-5-8(2)10-12(16)14(6-7-17-4)9(3)11(15)13-10/h8-10H,5-7H2,1-4H3,(H,13,15). The van der Waals surface area contributed by atoms with Crippen LogP contribution in [-0.4, -0.2) is 47.4 Å². The van der Waals surface area contributed by atoms with Crippen LogP contribution in [-0.2, 0) is 9.59 Å². The van der Waals surface area contributed by atoms with Crippen molar-refractivity contribution in [3.05, 3.63) is 0 Å². The third-order valence-corrected chi connectivity index (χ3v) is 4.03. The van der Waals surface area contributed by atoms with Gasteiger partial charge in [-0.3, -0.25) is 9.59 Å². The van der Waals surface area contributed by atoms with Crippen LogP contribution in [0, 0.1) is 5.92 Å². The summed E-state index contributed by atoms with van der Waals surface area (Å²) in [5.74, 6) is 1.10. The van der Waals surface area contributed by atoms with Crippen molar-refractivity contribution in [3.8, 4) is 0 Å². The van der Waals surface area contributed by atoms with Crippen molar-refractivity contribution in [2.45, 2.75) is 39.3 Å². The molecule has 1 saturated heterocycles. The van der Waals surface area contributed by atoms with E-state index in [0.29, 0.717) is 6.54 Å². The zero-order valence-electron chi connectivity index (χ0n) is 11.0. The van der Waals surface area contributed by atoms with Crippen molar-refractivity contribution in [1.82, 2.24) is 10.2 Å². The number of piperazine rings is 1.